The monoisotopic (exact) mass is 426 g/mol. The minimum Gasteiger partial charge on any atom is -0.377 e. The first-order valence-corrected chi connectivity index (χ1v) is 11.1. The van der Waals surface area contributed by atoms with Crippen LogP contribution < -0.4 is 0 Å². The number of ether oxygens (including phenoxy) is 1. The molecule has 2 fully saturated rings. The lowest BCUT2D eigenvalue weighted by atomic mass is 9.87. The number of alkyl halides is 1. The first-order chi connectivity index (χ1) is 14.6. The smallest absolute Gasteiger partial charge is 0.113 e. The van der Waals surface area contributed by atoms with Crippen LogP contribution in [0.4, 0.5) is 4.39 Å². The van der Waals surface area contributed by atoms with Gasteiger partial charge < -0.3 is 9.30 Å². The molecule has 0 radical (unpaired) electrons. The Labute approximate surface area is 179 Å². The number of benzene rings is 1. The summed E-state index contributed by atoms with van der Waals surface area (Å²) >= 11 is 6.34. The van der Waals surface area contributed by atoms with Crippen molar-refractivity contribution in [1.29, 1.82) is 5.26 Å². The molecule has 2 aliphatic rings. The summed E-state index contributed by atoms with van der Waals surface area (Å²) < 4.78 is 22.0. The summed E-state index contributed by atoms with van der Waals surface area (Å²) in [7, 11) is 0. The third-order valence-electron chi connectivity index (χ3n) is 6.55. The predicted octanol–water partition coefficient (Wildman–Crippen LogP) is 5.87. The molecule has 30 heavy (non-hydrogen) atoms. The predicted molar refractivity (Wildman–Crippen MR) is 114 cm³/mol. The highest BCUT2D eigenvalue weighted by atomic mass is 35.5. The van der Waals surface area contributed by atoms with Gasteiger partial charge in [-0.1, -0.05) is 11.6 Å². The van der Waals surface area contributed by atoms with Gasteiger partial charge in [-0.15, -0.1) is 0 Å². The van der Waals surface area contributed by atoms with Gasteiger partial charge in [-0.3, -0.25) is 4.98 Å². The fourth-order valence-electron chi connectivity index (χ4n) is 5.07. The zero-order valence-electron chi connectivity index (χ0n) is 16.7. The Morgan fingerprint density at radius 3 is 2.83 bits per heavy atom. The molecule has 1 saturated heterocycles. The number of hydrogen-bond donors (Lipinski definition) is 0. The molecule has 1 aliphatic heterocycles. The molecule has 3 heterocycles. The van der Waals surface area contributed by atoms with E-state index >= 15 is 0 Å². The standard InChI is InChI=1S/C23H24ClFN4O/c24-15-3-6-20-19(11-15)22-21(13-27-20)28-23(14-1-4-16(25)5-2-14)29(22)17-8-10-30-18(12-17)7-9-26/h3,6,11,13-14,16-18H,1-2,4-5,7-8,10,12H2/t14?,16?,17-,18?/m1/s1. The van der Waals surface area contributed by atoms with Crippen LogP contribution in [0, 0.1) is 11.3 Å². The van der Waals surface area contributed by atoms with Gasteiger partial charge in [-0.2, -0.15) is 5.26 Å². The number of fused-ring (bicyclic) bond motifs is 3. The minimum atomic E-state index is -0.705. The number of nitrogens with zero attached hydrogens (tertiary/aromatic N) is 4. The Balaban J connectivity index is 1.69. The molecule has 5 nitrogen and oxygen atoms in total. The molecule has 0 spiro atoms. The molecule has 0 amide bonds. The fourth-order valence-corrected chi connectivity index (χ4v) is 5.25. The van der Waals surface area contributed by atoms with E-state index in [4.69, 9.17) is 26.6 Å². The van der Waals surface area contributed by atoms with E-state index in [2.05, 4.69) is 15.6 Å². The Morgan fingerprint density at radius 2 is 2.03 bits per heavy atom. The van der Waals surface area contributed by atoms with Gasteiger partial charge in [0.1, 0.15) is 17.5 Å². The lowest BCUT2D eigenvalue weighted by Gasteiger charge is -2.33. The van der Waals surface area contributed by atoms with E-state index in [1.54, 1.807) is 0 Å². The fraction of sp³-hybridized carbons (Fsp3) is 0.522. The maximum atomic E-state index is 13.8. The quantitative estimate of drug-likeness (QED) is 0.525. The summed E-state index contributed by atoms with van der Waals surface area (Å²) in [5.41, 5.74) is 2.78. The number of nitriles is 1. The van der Waals surface area contributed by atoms with Crippen LogP contribution in [0.2, 0.25) is 5.02 Å². The van der Waals surface area contributed by atoms with Crippen LogP contribution in [0.15, 0.2) is 24.4 Å². The lowest BCUT2D eigenvalue weighted by Crippen LogP contribution is -2.29. The van der Waals surface area contributed by atoms with Crippen molar-refractivity contribution in [2.45, 2.75) is 69.2 Å². The SMILES string of the molecule is N#CCC1C[C@H](n2c(C3CCC(F)CC3)nc3cnc4ccc(Cl)cc4c32)CCO1. The molecule has 2 aromatic heterocycles. The average molecular weight is 427 g/mol. The molecule has 1 aromatic carbocycles. The molecule has 1 saturated carbocycles. The first kappa shape index (κ1) is 19.7. The largest absolute Gasteiger partial charge is 0.377 e. The van der Waals surface area contributed by atoms with E-state index in [1.807, 2.05) is 24.4 Å². The summed E-state index contributed by atoms with van der Waals surface area (Å²) in [6.45, 7) is 0.622. The van der Waals surface area contributed by atoms with Crippen LogP contribution in [0.3, 0.4) is 0 Å². The number of hydrogen-bond acceptors (Lipinski definition) is 4. The average Bonchev–Trinajstić information content (AvgIpc) is 3.15. The summed E-state index contributed by atoms with van der Waals surface area (Å²) in [5, 5.41) is 10.8. The second-order valence-corrected chi connectivity index (χ2v) is 8.91. The topological polar surface area (TPSA) is 63.7 Å². The zero-order valence-corrected chi connectivity index (χ0v) is 17.5. The summed E-state index contributed by atoms with van der Waals surface area (Å²) in [4.78, 5) is 9.61. The molecule has 5 rings (SSSR count). The number of imidazole rings is 1. The highest BCUT2D eigenvalue weighted by Crippen LogP contribution is 2.40. The molecule has 2 atom stereocenters. The van der Waals surface area contributed by atoms with Gasteiger partial charge in [0.25, 0.3) is 0 Å². The van der Waals surface area contributed by atoms with Crippen molar-refractivity contribution in [2.24, 2.45) is 0 Å². The molecule has 0 N–H and O–H groups in total. The van der Waals surface area contributed by atoms with Crippen molar-refractivity contribution in [1.82, 2.24) is 14.5 Å². The van der Waals surface area contributed by atoms with Crippen LogP contribution >= 0.6 is 11.6 Å². The van der Waals surface area contributed by atoms with Gasteiger partial charge in [0, 0.05) is 29.0 Å². The highest BCUT2D eigenvalue weighted by Gasteiger charge is 2.32. The van der Waals surface area contributed by atoms with Crippen molar-refractivity contribution < 1.29 is 9.13 Å². The summed E-state index contributed by atoms with van der Waals surface area (Å²) in [6, 6.07) is 8.17. The van der Waals surface area contributed by atoms with Gasteiger partial charge >= 0.3 is 0 Å². The Hall–Kier alpha value is -2.23. The van der Waals surface area contributed by atoms with E-state index in [1.165, 1.54) is 0 Å². The van der Waals surface area contributed by atoms with Crippen molar-refractivity contribution in [3.8, 4) is 6.07 Å². The molecule has 1 aliphatic carbocycles. The van der Waals surface area contributed by atoms with Crippen molar-refractivity contribution >= 4 is 33.5 Å². The number of aromatic nitrogens is 3. The van der Waals surface area contributed by atoms with E-state index in [0.29, 0.717) is 30.9 Å². The Morgan fingerprint density at radius 1 is 1.20 bits per heavy atom. The lowest BCUT2D eigenvalue weighted by molar-refractivity contribution is -0.00238. The highest BCUT2D eigenvalue weighted by molar-refractivity contribution is 6.31. The van der Waals surface area contributed by atoms with Crippen LogP contribution in [-0.2, 0) is 4.74 Å². The van der Waals surface area contributed by atoms with Gasteiger partial charge in [-0.25, -0.2) is 9.37 Å². The van der Waals surface area contributed by atoms with Gasteiger partial charge in [0.05, 0.1) is 35.8 Å². The third-order valence-corrected chi connectivity index (χ3v) is 6.79. The zero-order chi connectivity index (χ0) is 20.7. The second-order valence-electron chi connectivity index (χ2n) is 8.48. The number of rotatable bonds is 3. The van der Waals surface area contributed by atoms with E-state index in [9.17, 15) is 4.39 Å². The molecular weight excluding hydrogens is 403 g/mol. The van der Waals surface area contributed by atoms with Gasteiger partial charge in [0.2, 0.25) is 0 Å². The molecule has 7 heteroatoms. The van der Waals surface area contributed by atoms with Crippen molar-refractivity contribution in [3.63, 3.8) is 0 Å². The van der Waals surface area contributed by atoms with Crippen LogP contribution in [0.1, 0.15) is 62.7 Å². The second kappa shape index (κ2) is 8.13. The molecule has 156 valence electrons. The van der Waals surface area contributed by atoms with Crippen molar-refractivity contribution in [2.75, 3.05) is 6.61 Å². The van der Waals surface area contributed by atoms with Gasteiger partial charge in [0.15, 0.2) is 0 Å². The van der Waals surface area contributed by atoms with E-state index in [0.717, 1.165) is 53.4 Å². The maximum absolute atomic E-state index is 13.8. The van der Waals surface area contributed by atoms with Crippen LogP contribution in [-0.4, -0.2) is 33.4 Å². The molecule has 1 unspecified atom stereocenters. The number of halogens is 2. The number of pyridine rings is 1. The molecule has 0 bridgehead atoms. The van der Waals surface area contributed by atoms with E-state index < -0.39 is 6.17 Å². The third kappa shape index (κ3) is 3.55. The van der Waals surface area contributed by atoms with Crippen LogP contribution in [0.5, 0.6) is 0 Å². The molecular formula is C23H24ClFN4O. The molecule has 3 aromatic rings. The Bertz CT molecular complexity index is 1120. The van der Waals surface area contributed by atoms with Crippen molar-refractivity contribution in [3.05, 3.63) is 35.2 Å². The first-order valence-electron chi connectivity index (χ1n) is 10.7. The summed E-state index contributed by atoms with van der Waals surface area (Å²) in [5.74, 6) is 1.25. The van der Waals surface area contributed by atoms with Crippen LogP contribution in [0.25, 0.3) is 21.9 Å². The summed E-state index contributed by atoms with van der Waals surface area (Å²) in [6.07, 6.45) is 5.87. The minimum absolute atomic E-state index is 0.0719. The normalized spacial score (nSPS) is 27.4. The maximum Gasteiger partial charge on any atom is 0.113 e. The van der Waals surface area contributed by atoms with E-state index in [-0.39, 0.29) is 18.1 Å². The van der Waals surface area contributed by atoms with Gasteiger partial charge in [-0.05, 0) is 56.7 Å². The Kier molecular flexibility index (Phi) is 5.34.